The summed E-state index contributed by atoms with van der Waals surface area (Å²) in [6.07, 6.45) is 0.571. The summed E-state index contributed by atoms with van der Waals surface area (Å²) in [6, 6.07) is 4.77. The second-order valence-electron chi connectivity index (χ2n) is 7.82. The molecule has 11 heteroatoms. The van der Waals surface area contributed by atoms with E-state index in [1.165, 1.54) is 16.6 Å². The number of hydrogen-bond donors (Lipinski definition) is 2. The van der Waals surface area contributed by atoms with Gasteiger partial charge in [-0.1, -0.05) is 12.1 Å². The fourth-order valence-electron chi connectivity index (χ4n) is 2.99. The molecule has 3 heterocycles. The highest BCUT2D eigenvalue weighted by Gasteiger charge is 2.30. The first-order valence-electron chi connectivity index (χ1n) is 9.39. The molecule has 0 aliphatic rings. The van der Waals surface area contributed by atoms with E-state index in [9.17, 15) is 18.3 Å². The lowest BCUT2D eigenvalue weighted by atomic mass is 10.1. The van der Waals surface area contributed by atoms with Crippen LogP contribution in [0.3, 0.4) is 0 Å². The molecule has 0 radical (unpaired) electrons. The number of benzene rings is 1. The first-order valence-corrected chi connectivity index (χ1v) is 9.39. The van der Waals surface area contributed by atoms with Crippen molar-refractivity contribution in [3.63, 3.8) is 0 Å². The maximum absolute atomic E-state index is 12.9. The summed E-state index contributed by atoms with van der Waals surface area (Å²) >= 11 is 0. The van der Waals surface area contributed by atoms with Crippen LogP contribution in [0, 0.1) is 0 Å². The summed E-state index contributed by atoms with van der Waals surface area (Å²) in [5.41, 5.74) is 1.15. The molecule has 8 nitrogen and oxygen atoms in total. The van der Waals surface area contributed by atoms with Gasteiger partial charge in [0, 0.05) is 24.4 Å². The number of nitrogens with one attached hydrogen (secondary N) is 1. The molecule has 4 aromatic rings. The first kappa shape index (κ1) is 20.8. The van der Waals surface area contributed by atoms with Crippen molar-refractivity contribution < 1.29 is 18.3 Å². The number of halogens is 3. The molecule has 0 aliphatic heterocycles. The number of rotatable bonds is 5. The monoisotopic (exact) mass is 431 g/mol. The zero-order valence-corrected chi connectivity index (χ0v) is 17.0. The fraction of sp³-hybridized carbons (Fsp3) is 0.300. The van der Waals surface area contributed by atoms with Crippen LogP contribution in [0.25, 0.3) is 28.2 Å². The van der Waals surface area contributed by atoms with Crippen molar-refractivity contribution in [2.75, 3.05) is 11.9 Å². The predicted octanol–water partition coefficient (Wildman–Crippen LogP) is 3.39. The Morgan fingerprint density at radius 2 is 1.74 bits per heavy atom. The molecule has 4 rings (SSSR count). The minimum atomic E-state index is -4.41. The maximum atomic E-state index is 12.9. The molecule has 0 atom stereocenters. The van der Waals surface area contributed by atoms with Gasteiger partial charge in [-0.3, -0.25) is 4.68 Å². The third-order valence-corrected chi connectivity index (χ3v) is 4.65. The van der Waals surface area contributed by atoms with Crippen molar-refractivity contribution in [3.05, 3.63) is 48.4 Å². The zero-order valence-electron chi connectivity index (χ0n) is 17.0. The maximum Gasteiger partial charge on any atom is 0.416 e. The number of aromatic nitrogens is 6. The number of hydrogen-bond acceptors (Lipinski definition) is 6. The summed E-state index contributed by atoms with van der Waals surface area (Å²) in [5.74, 6) is 0.288. The molecule has 0 spiro atoms. The number of aliphatic hydroxyl groups is 1. The van der Waals surface area contributed by atoms with Gasteiger partial charge in [-0.2, -0.15) is 23.3 Å². The van der Waals surface area contributed by atoms with Crippen LogP contribution in [-0.2, 0) is 13.2 Å². The van der Waals surface area contributed by atoms with E-state index in [1.807, 2.05) is 0 Å². The van der Waals surface area contributed by atoms with Gasteiger partial charge in [0.25, 0.3) is 0 Å². The quantitative estimate of drug-likeness (QED) is 0.503. The molecule has 0 unspecified atom stereocenters. The smallest absolute Gasteiger partial charge is 0.394 e. The van der Waals surface area contributed by atoms with E-state index < -0.39 is 17.3 Å². The summed E-state index contributed by atoms with van der Waals surface area (Å²) in [7, 11) is 1.76. The zero-order chi connectivity index (χ0) is 22.4. The van der Waals surface area contributed by atoms with Gasteiger partial charge in [0.15, 0.2) is 5.65 Å². The summed E-state index contributed by atoms with van der Waals surface area (Å²) in [4.78, 5) is 9.14. The lowest BCUT2D eigenvalue weighted by Gasteiger charge is -2.21. The Labute approximate surface area is 175 Å². The minimum Gasteiger partial charge on any atom is -0.394 e. The molecule has 162 valence electrons. The van der Waals surface area contributed by atoms with E-state index >= 15 is 0 Å². The molecule has 0 aliphatic carbocycles. The number of alkyl halides is 3. The fourth-order valence-corrected chi connectivity index (χ4v) is 2.99. The van der Waals surface area contributed by atoms with Gasteiger partial charge in [0.1, 0.15) is 5.69 Å². The van der Waals surface area contributed by atoms with E-state index in [0.29, 0.717) is 28.2 Å². The highest BCUT2D eigenvalue weighted by atomic mass is 19.4. The van der Waals surface area contributed by atoms with Gasteiger partial charge >= 0.3 is 6.18 Å². The number of aryl methyl sites for hydroxylation is 1. The van der Waals surface area contributed by atoms with E-state index in [0.717, 1.165) is 12.1 Å². The highest BCUT2D eigenvalue weighted by Crippen LogP contribution is 2.32. The molecule has 0 amide bonds. The van der Waals surface area contributed by atoms with Crippen molar-refractivity contribution in [1.82, 2.24) is 29.4 Å². The molecular weight excluding hydrogens is 411 g/mol. The average Bonchev–Trinajstić information content (AvgIpc) is 3.31. The number of fused-ring (bicyclic) bond motifs is 1. The van der Waals surface area contributed by atoms with Gasteiger partial charge in [0.05, 0.1) is 35.8 Å². The van der Waals surface area contributed by atoms with Crippen LogP contribution >= 0.6 is 0 Å². The van der Waals surface area contributed by atoms with Crippen LogP contribution in [-0.4, -0.2) is 46.6 Å². The Hall–Kier alpha value is -3.47. The second kappa shape index (κ2) is 7.34. The van der Waals surface area contributed by atoms with Crippen LogP contribution in [0.15, 0.2) is 42.9 Å². The third-order valence-electron chi connectivity index (χ3n) is 4.65. The van der Waals surface area contributed by atoms with Crippen LogP contribution in [0.1, 0.15) is 19.4 Å². The topological polar surface area (TPSA) is 93.2 Å². The summed E-state index contributed by atoms with van der Waals surface area (Å²) in [5, 5.41) is 21.2. The van der Waals surface area contributed by atoms with E-state index in [2.05, 4.69) is 25.5 Å². The molecule has 31 heavy (non-hydrogen) atoms. The van der Waals surface area contributed by atoms with Gasteiger partial charge in [-0.05, 0) is 26.0 Å². The van der Waals surface area contributed by atoms with Gasteiger partial charge in [0.2, 0.25) is 5.95 Å². The molecule has 2 N–H and O–H groups in total. The largest absolute Gasteiger partial charge is 0.416 e. The predicted molar refractivity (Wildman–Crippen MR) is 108 cm³/mol. The van der Waals surface area contributed by atoms with Crippen LogP contribution in [0.4, 0.5) is 19.1 Å². The van der Waals surface area contributed by atoms with E-state index in [1.54, 1.807) is 44.2 Å². The minimum absolute atomic E-state index is 0.132. The first-order chi connectivity index (χ1) is 14.6. The van der Waals surface area contributed by atoms with Gasteiger partial charge in [-0.15, -0.1) is 5.10 Å². The average molecular weight is 431 g/mol. The van der Waals surface area contributed by atoms with Crippen molar-refractivity contribution in [3.8, 4) is 22.5 Å². The second-order valence-corrected chi connectivity index (χ2v) is 7.82. The number of anilines is 1. The van der Waals surface area contributed by atoms with E-state index in [-0.39, 0.29) is 12.6 Å². The molecule has 0 fully saturated rings. The number of nitrogens with zero attached hydrogens (tertiary/aromatic N) is 6. The Morgan fingerprint density at radius 1 is 1.03 bits per heavy atom. The number of aliphatic hydroxyl groups excluding tert-OH is 1. The molecule has 0 saturated heterocycles. The Bertz CT molecular complexity index is 1230. The van der Waals surface area contributed by atoms with Crippen molar-refractivity contribution in [2.24, 2.45) is 7.05 Å². The highest BCUT2D eigenvalue weighted by molar-refractivity contribution is 5.76. The lowest BCUT2D eigenvalue weighted by molar-refractivity contribution is -0.137. The Balaban J connectivity index is 1.85. The molecule has 1 aromatic carbocycles. The molecular formula is C20H20F3N7O. The third kappa shape index (κ3) is 4.22. The SMILES string of the molecule is Cn1cc(-c2nc(-c3ccc(C(F)(F)F)cc3)cn3nc(NC(C)(C)CO)nc23)cn1. The Kier molecular flexibility index (Phi) is 4.92. The van der Waals surface area contributed by atoms with Crippen molar-refractivity contribution in [1.29, 1.82) is 0 Å². The van der Waals surface area contributed by atoms with Crippen molar-refractivity contribution in [2.45, 2.75) is 25.6 Å². The van der Waals surface area contributed by atoms with Crippen LogP contribution in [0.5, 0.6) is 0 Å². The summed E-state index contributed by atoms with van der Waals surface area (Å²) in [6.45, 7) is 3.46. The van der Waals surface area contributed by atoms with E-state index in [4.69, 9.17) is 0 Å². The Morgan fingerprint density at radius 3 is 2.32 bits per heavy atom. The standard InChI is InChI=1S/C20H20F3N7O/c1-19(2,11-31)27-18-26-17-16(13-8-24-29(3)9-13)25-15(10-30(17)28-18)12-4-6-14(7-5-12)20(21,22)23/h4-10,31H,11H2,1-3H3,(H,27,28). The normalized spacial score (nSPS) is 12.5. The molecule has 0 bridgehead atoms. The van der Waals surface area contributed by atoms with Gasteiger partial charge < -0.3 is 10.4 Å². The lowest BCUT2D eigenvalue weighted by Crippen LogP contribution is -2.35. The molecule has 3 aromatic heterocycles. The van der Waals surface area contributed by atoms with Crippen LogP contribution < -0.4 is 5.32 Å². The van der Waals surface area contributed by atoms with Crippen LogP contribution in [0.2, 0.25) is 0 Å². The van der Waals surface area contributed by atoms with Crippen molar-refractivity contribution >= 4 is 11.6 Å². The molecule has 0 saturated carbocycles. The van der Waals surface area contributed by atoms with Gasteiger partial charge in [-0.25, -0.2) is 9.50 Å². The summed E-state index contributed by atoms with van der Waals surface area (Å²) < 4.78 is 41.9.